The summed E-state index contributed by atoms with van der Waals surface area (Å²) in [6.07, 6.45) is 1.19. The zero-order valence-electron chi connectivity index (χ0n) is 14.8. The predicted octanol–water partition coefficient (Wildman–Crippen LogP) is 3.13. The molecule has 7 heteroatoms. The van der Waals surface area contributed by atoms with Gasteiger partial charge in [-0.15, -0.1) is 10.2 Å². The van der Waals surface area contributed by atoms with Gasteiger partial charge in [0.15, 0.2) is 0 Å². The standard InChI is InChI=1S/C19H21N3O3S/c1-3-15-8-10-16(11-9-15)26(23,24)20-13-12-18-21-22-19(25-18)17-7-5-4-6-14(17)2/h4-11,20H,3,12-13H2,1-2H3. The molecular weight excluding hydrogens is 350 g/mol. The summed E-state index contributed by atoms with van der Waals surface area (Å²) in [5.74, 6) is 0.836. The van der Waals surface area contributed by atoms with Gasteiger partial charge in [0, 0.05) is 18.5 Å². The Kier molecular flexibility index (Phi) is 5.49. The first-order chi connectivity index (χ1) is 12.5. The molecule has 0 spiro atoms. The van der Waals surface area contributed by atoms with Gasteiger partial charge in [-0.3, -0.25) is 0 Å². The van der Waals surface area contributed by atoms with E-state index in [9.17, 15) is 8.42 Å². The first-order valence-corrected chi connectivity index (χ1v) is 9.95. The van der Waals surface area contributed by atoms with Crippen LogP contribution in [0.15, 0.2) is 57.8 Å². The zero-order valence-corrected chi connectivity index (χ0v) is 15.6. The number of sulfonamides is 1. The van der Waals surface area contributed by atoms with Crippen molar-refractivity contribution in [3.05, 3.63) is 65.5 Å². The van der Waals surface area contributed by atoms with Crippen molar-refractivity contribution in [2.24, 2.45) is 0 Å². The van der Waals surface area contributed by atoms with E-state index in [1.165, 1.54) is 0 Å². The molecule has 1 aromatic heterocycles. The van der Waals surface area contributed by atoms with E-state index in [0.717, 1.165) is 23.1 Å². The normalized spacial score (nSPS) is 11.6. The van der Waals surface area contributed by atoms with E-state index in [1.807, 2.05) is 50.2 Å². The summed E-state index contributed by atoms with van der Waals surface area (Å²) in [6, 6.07) is 14.6. The molecule has 0 aliphatic heterocycles. The van der Waals surface area contributed by atoms with Gasteiger partial charge in [0.1, 0.15) is 0 Å². The third-order valence-electron chi connectivity index (χ3n) is 4.12. The molecule has 6 nitrogen and oxygen atoms in total. The van der Waals surface area contributed by atoms with Crippen LogP contribution in [-0.4, -0.2) is 25.2 Å². The zero-order chi connectivity index (χ0) is 18.6. The van der Waals surface area contributed by atoms with Crippen LogP contribution in [-0.2, 0) is 22.9 Å². The molecule has 2 aromatic carbocycles. The van der Waals surface area contributed by atoms with Crippen LogP contribution < -0.4 is 4.72 Å². The van der Waals surface area contributed by atoms with Crippen molar-refractivity contribution < 1.29 is 12.8 Å². The van der Waals surface area contributed by atoms with Crippen LogP contribution in [0.25, 0.3) is 11.5 Å². The summed E-state index contributed by atoms with van der Waals surface area (Å²) < 4.78 is 32.8. The number of benzene rings is 2. The number of aromatic nitrogens is 2. The smallest absolute Gasteiger partial charge is 0.247 e. The number of aryl methyl sites for hydroxylation is 2. The molecule has 0 aliphatic rings. The Bertz CT molecular complexity index is 979. The molecule has 0 bridgehead atoms. The molecule has 26 heavy (non-hydrogen) atoms. The fourth-order valence-corrected chi connectivity index (χ4v) is 3.59. The molecule has 0 saturated carbocycles. The monoisotopic (exact) mass is 371 g/mol. The van der Waals surface area contributed by atoms with Crippen molar-refractivity contribution in [2.75, 3.05) is 6.54 Å². The molecule has 1 heterocycles. The quantitative estimate of drug-likeness (QED) is 0.690. The molecule has 136 valence electrons. The second-order valence-corrected chi connectivity index (χ2v) is 7.73. The molecule has 3 aromatic rings. The van der Waals surface area contributed by atoms with E-state index >= 15 is 0 Å². The molecule has 0 saturated heterocycles. The molecule has 3 rings (SSSR count). The maximum absolute atomic E-state index is 12.3. The highest BCUT2D eigenvalue weighted by molar-refractivity contribution is 7.89. The third kappa shape index (κ3) is 4.17. The predicted molar refractivity (Wildman–Crippen MR) is 99.2 cm³/mol. The van der Waals surface area contributed by atoms with E-state index in [2.05, 4.69) is 14.9 Å². The second-order valence-electron chi connectivity index (χ2n) is 5.96. The van der Waals surface area contributed by atoms with Gasteiger partial charge in [0.2, 0.25) is 21.8 Å². The van der Waals surface area contributed by atoms with Crippen LogP contribution in [0.1, 0.15) is 23.9 Å². The number of nitrogens with one attached hydrogen (secondary N) is 1. The largest absolute Gasteiger partial charge is 0.421 e. The minimum atomic E-state index is -3.55. The van der Waals surface area contributed by atoms with Crippen molar-refractivity contribution in [2.45, 2.75) is 31.6 Å². The molecular formula is C19H21N3O3S. The lowest BCUT2D eigenvalue weighted by atomic mass is 10.1. The Morgan fingerprint density at radius 2 is 1.77 bits per heavy atom. The van der Waals surface area contributed by atoms with Gasteiger partial charge in [-0.25, -0.2) is 13.1 Å². The maximum atomic E-state index is 12.3. The first-order valence-electron chi connectivity index (χ1n) is 8.46. The van der Waals surface area contributed by atoms with Crippen LogP contribution in [0.3, 0.4) is 0 Å². The Labute approximate surface area is 153 Å². The van der Waals surface area contributed by atoms with Gasteiger partial charge in [0.25, 0.3) is 0 Å². The topological polar surface area (TPSA) is 85.1 Å². The summed E-state index contributed by atoms with van der Waals surface area (Å²) in [6.45, 7) is 4.18. The molecule has 0 atom stereocenters. The van der Waals surface area contributed by atoms with Gasteiger partial charge < -0.3 is 4.42 Å². The van der Waals surface area contributed by atoms with Crippen molar-refractivity contribution in [1.29, 1.82) is 0 Å². The number of hydrogen-bond donors (Lipinski definition) is 1. The fourth-order valence-electron chi connectivity index (χ4n) is 2.56. The minimum absolute atomic E-state index is 0.188. The molecule has 0 amide bonds. The molecule has 0 fully saturated rings. The lowest BCUT2D eigenvalue weighted by molar-refractivity contribution is 0.501. The lowest BCUT2D eigenvalue weighted by Gasteiger charge is -2.06. The average Bonchev–Trinajstić information content (AvgIpc) is 3.10. The van der Waals surface area contributed by atoms with Crippen LogP contribution >= 0.6 is 0 Å². The number of nitrogens with zero attached hydrogens (tertiary/aromatic N) is 2. The fraction of sp³-hybridized carbons (Fsp3) is 0.263. The minimum Gasteiger partial charge on any atom is -0.421 e. The molecule has 0 unspecified atom stereocenters. The van der Waals surface area contributed by atoms with Crippen LogP contribution in [0, 0.1) is 6.92 Å². The molecule has 0 aliphatic carbocycles. The summed E-state index contributed by atoms with van der Waals surface area (Å²) in [5.41, 5.74) is 3.01. The van der Waals surface area contributed by atoms with Gasteiger partial charge in [-0.2, -0.15) is 0 Å². The maximum Gasteiger partial charge on any atom is 0.247 e. The lowest BCUT2D eigenvalue weighted by Crippen LogP contribution is -2.26. The molecule has 0 radical (unpaired) electrons. The summed E-state index contributed by atoms with van der Waals surface area (Å²) in [4.78, 5) is 0.251. The Morgan fingerprint density at radius 3 is 2.46 bits per heavy atom. The third-order valence-corrected chi connectivity index (χ3v) is 5.59. The van der Waals surface area contributed by atoms with Gasteiger partial charge in [-0.1, -0.05) is 37.3 Å². The SMILES string of the molecule is CCc1ccc(S(=O)(=O)NCCc2nnc(-c3ccccc3C)o2)cc1. The Morgan fingerprint density at radius 1 is 1.04 bits per heavy atom. The summed E-state index contributed by atoms with van der Waals surface area (Å²) >= 11 is 0. The van der Waals surface area contributed by atoms with Crippen LogP contribution in [0.5, 0.6) is 0 Å². The van der Waals surface area contributed by atoms with E-state index in [4.69, 9.17) is 4.42 Å². The van der Waals surface area contributed by atoms with Gasteiger partial charge in [-0.05, 0) is 42.7 Å². The highest BCUT2D eigenvalue weighted by atomic mass is 32.2. The highest BCUT2D eigenvalue weighted by Crippen LogP contribution is 2.21. The van der Waals surface area contributed by atoms with Crippen molar-refractivity contribution in [1.82, 2.24) is 14.9 Å². The average molecular weight is 371 g/mol. The second kappa shape index (κ2) is 7.80. The van der Waals surface area contributed by atoms with Crippen molar-refractivity contribution in [3.63, 3.8) is 0 Å². The summed E-state index contributed by atoms with van der Waals surface area (Å²) in [7, 11) is -3.55. The van der Waals surface area contributed by atoms with E-state index in [0.29, 0.717) is 18.2 Å². The first kappa shape index (κ1) is 18.3. The van der Waals surface area contributed by atoms with Crippen molar-refractivity contribution >= 4 is 10.0 Å². The Hall–Kier alpha value is -2.51. The highest BCUT2D eigenvalue weighted by Gasteiger charge is 2.15. The summed E-state index contributed by atoms with van der Waals surface area (Å²) in [5, 5.41) is 8.04. The van der Waals surface area contributed by atoms with Crippen LogP contribution in [0.4, 0.5) is 0 Å². The van der Waals surface area contributed by atoms with Crippen LogP contribution in [0.2, 0.25) is 0 Å². The Balaban J connectivity index is 1.62. The molecule has 1 N–H and O–H groups in total. The van der Waals surface area contributed by atoms with E-state index in [1.54, 1.807) is 12.1 Å². The van der Waals surface area contributed by atoms with Gasteiger partial charge >= 0.3 is 0 Å². The van der Waals surface area contributed by atoms with Crippen molar-refractivity contribution in [3.8, 4) is 11.5 Å². The number of rotatable bonds is 7. The van der Waals surface area contributed by atoms with E-state index in [-0.39, 0.29) is 11.4 Å². The van der Waals surface area contributed by atoms with Gasteiger partial charge in [0.05, 0.1) is 4.90 Å². The number of hydrogen-bond acceptors (Lipinski definition) is 5. The van der Waals surface area contributed by atoms with E-state index < -0.39 is 10.0 Å².